The zero-order chi connectivity index (χ0) is 25.6. The number of H-pyrrole nitrogens is 1. The number of nitrogens with one attached hydrogen (secondary N) is 1. The van der Waals surface area contributed by atoms with Gasteiger partial charge in [-0.2, -0.15) is 0 Å². The van der Waals surface area contributed by atoms with Gasteiger partial charge in [-0.1, -0.05) is 45.2 Å². The maximum Gasteiger partial charge on any atom is 0.573 e. The number of carboxylic acids is 1. The normalized spacial score (nSPS) is 15.4. The number of benzene rings is 2. The number of carboxylic acid groups (broad SMARTS) is 1. The van der Waals surface area contributed by atoms with E-state index < -0.39 is 12.3 Å². The molecule has 0 unspecified atom stereocenters. The van der Waals surface area contributed by atoms with E-state index in [1.54, 1.807) is 12.1 Å². The molecule has 0 saturated heterocycles. The van der Waals surface area contributed by atoms with Gasteiger partial charge in [-0.25, -0.2) is 4.98 Å². The molecule has 2 aromatic carbocycles. The number of rotatable bonds is 6. The van der Waals surface area contributed by atoms with Crippen molar-refractivity contribution >= 4 is 17.0 Å². The quantitative estimate of drug-likeness (QED) is 0.379. The van der Waals surface area contributed by atoms with Gasteiger partial charge in [-0.15, -0.1) is 13.2 Å². The summed E-state index contributed by atoms with van der Waals surface area (Å²) in [5.41, 5.74) is 4.93. The van der Waals surface area contributed by atoms with Gasteiger partial charge in [0.25, 0.3) is 0 Å². The third kappa shape index (κ3) is 8.60. The molecule has 4 rings (SSSR count). The van der Waals surface area contributed by atoms with Crippen LogP contribution in [0, 0.1) is 12.3 Å². The monoisotopic (exact) mass is 490 g/mol. The van der Waals surface area contributed by atoms with Gasteiger partial charge in [0, 0.05) is 12.8 Å². The Labute approximate surface area is 203 Å². The molecular formula is C27H33F3N2O3. The highest BCUT2D eigenvalue weighted by Gasteiger charge is 2.31. The first kappa shape index (κ1) is 26.6. The molecule has 35 heavy (non-hydrogen) atoms. The van der Waals surface area contributed by atoms with Gasteiger partial charge in [-0.05, 0) is 72.6 Å². The van der Waals surface area contributed by atoms with Gasteiger partial charge in [0.15, 0.2) is 0 Å². The maximum atomic E-state index is 12.2. The molecule has 8 heteroatoms. The lowest BCUT2D eigenvalue weighted by molar-refractivity contribution is -0.274. The molecule has 0 bridgehead atoms. The molecule has 0 amide bonds. The number of carbonyl (C=O) groups is 1. The fraction of sp³-hybridized carbons (Fsp3) is 0.481. The number of nitrogens with zero attached hydrogens (tertiary/aromatic N) is 1. The fourth-order valence-corrected chi connectivity index (χ4v) is 4.37. The van der Waals surface area contributed by atoms with Crippen molar-refractivity contribution in [3.05, 3.63) is 58.9 Å². The van der Waals surface area contributed by atoms with Crippen LogP contribution in [-0.2, 0) is 17.6 Å². The second kappa shape index (κ2) is 11.1. The minimum absolute atomic E-state index is 0.0516. The van der Waals surface area contributed by atoms with Crippen LogP contribution in [0.1, 0.15) is 74.9 Å². The number of aromatic nitrogens is 2. The molecular weight excluding hydrogens is 457 g/mol. The van der Waals surface area contributed by atoms with E-state index in [0.29, 0.717) is 24.1 Å². The van der Waals surface area contributed by atoms with Gasteiger partial charge in [0.1, 0.15) is 11.6 Å². The Hall–Kier alpha value is -3.03. The topological polar surface area (TPSA) is 75.2 Å². The maximum absolute atomic E-state index is 12.2. The molecule has 1 saturated carbocycles. The van der Waals surface area contributed by atoms with Crippen molar-refractivity contribution in [3.8, 4) is 5.75 Å². The van der Waals surface area contributed by atoms with Gasteiger partial charge >= 0.3 is 12.3 Å². The largest absolute Gasteiger partial charge is 0.573 e. The molecule has 0 radical (unpaired) electrons. The van der Waals surface area contributed by atoms with E-state index in [2.05, 4.69) is 28.6 Å². The summed E-state index contributed by atoms with van der Waals surface area (Å²) in [6.07, 6.45) is 3.50. The smallest absolute Gasteiger partial charge is 0.481 e. The van der Waals surface area contributed by atoms with Crippen LogP contribution in [0.2, 0.25) is 0 Å². The average Bonchev–Trinajstić information content (AvgIpc) is 3.13. The highest BCUT2D eigenvalue weighted by Crippen LogP contribution is 2.34. The summed E-state index contributed by atoms with van der Waals surface area (Å²) in [5.74, 6) is -0.450. The molecule has 5 nitrogen and oxygen atoms in total. The summed E-state index contributed by atoms with van der Waals surface area (Å²) < 4.78 is 40.5. The Morgan fingerprint density at radius 1 is 1.11 bits per heavy atom. The van der Waals surface area contributed by atoms with Gasteiger partial charge < -0.3 is 14.8 Å². The summed E-state index contributed by atoms with van der Waals surface area (Å²) in [6, 6.07) is 9.42. The number of halogens is 3. The lowest BCUT2D eigenvalue weighted by Crippen LogP contribution is -2.17. The Morgan fingerprint density at radius 2 is 1.77 bits per heavy atom. The van der Waals surface area contributed by atoms with E-state index in [0.717, 1.165) is 27.7 Å². The van der Waals surface area contributed by atoms with E-state index in [-0.39, 0.29) is 12.2 Å². The van der Waals surface area contributed by atoms with Crippen LogP contribution in [0.15, 0.2) is 36.4 Å². The molecule has 1 fully saturated rings. The molecule has 0 aliphatic heterocycles. The number of fused-ring (bicyclic) bond motifs is 1. The summed E-state index contributed by atoms with van der Waals surface area (Å²) >= 11 is 0. The lowest BCUT2D eigenvalue weighted by Gasteiger charge is -2.28. The van der Waals surface area contributed by atoms with E-state index in [4.69, 9.17) is 5.11 Å². The summed E-state index contributed by atoms with van der Waals surface area (Å²) in [7, 11) is 0. The summed E-state index contributed by atoms with van der Waals surface area (Å²) in [4.78, 5) is 18.5. The molecule has 0 spiro atoms. The number of aryl methyl sites for hydroxylation is 2. The highest BCUT2D eigenvalue weighted by molar-refractivity contribution is 5.77. The van der Waals surface area contributed by atoms with Gasteiger partial charge in [0.05, 0.1) is 11.0 Å². The second-order valence-corrected chi connectivity index (χ2v) is 9.97. The average molecular weight is 491 g/mol. The van der Waals surface area contributed by atoms with Crippen LogP contribution in [0.5, 0.6) is 5.75 Å². The number of hydrogen-bond acceptors (Lipinski definition) is 3. The van der Waals surface area contributed by atoms with Crippen LogP contribution >= 0.6 is 0 Å². The molecule has 1 aliphatic carbocycles. The van der Waals surface area contributed by atoms with Gasteiger partial charge in [0.2, 0.25) is 0 Å². The number of imidazole rings is 1. The van der Waals surface area contributed by atoms with Crippen molar-refractivity contribution in [1.29, 1.82) is 0 Å². The molecule has 1 aliphatic rings. The van der Waals surface area contributed by atoms with E-state index in [1.165, 1.54) is 44.2 Å². The second-order valence-electron chi connectivity index (χ2n) is 9.97. The van der Waals surface area contributed by atoms with Crippen LogP contribution in [0.4, 0.5) is 13.2 Å². The lowest BCUT2D eigenvalue weighted by atomic mass is 9.78. The Morgan fingerprint density at radius 3 is 2.31 bits per heavy atom. The van der Waals surface area contributed by atoms with Gasteiger partial charge in [-0.3, -0.25) is 4.79 Å². The standard InChI is InChI=1S/C19H17F3N2O3.C8H16/c1-11-8-15-16(10-13(11)4-7-18(25)26)24-17(23-15)9-12-2-5-14(6-3-12)27-19(20,21)22;1-8(2)6-4-3-5-7-8/h2-3,5-6,8,10H,4,7,9H2,1H3,(H,23,24)(H,25,26);3-7H2,1-2H3. The van der Waals surface area contributed by atoms with Crippen molar-refractivity contribution < 1.29 is 27.8 Å². The fourth-order valence-electron chi connectivity index (χ4n) is 4.37. The first-order chi connectivity index (χ1) is 16.4. The Kier molecular flexibility index (Phi) is 8.46. The third-order valence-corrected chi connectivity index (χ3v) is 6.33. The predicted octanol–water partition coefficient (Wildman–Crippen LogP) is 7.35. The summed E-state index contributed by atoms with van der Waals surface area (Å²) in [5, 5.41) is 8.84. The van der Waals surface area contributed by atoms with E-state index in [9.17, 15) is 18.0 Å². The van der Waals surface area contributed by atoms with Crippen molar-refractivity contribution in [1.82, 2.24) is 9.97 Å². The predicted molar refractivity (Wildman–Crippen MR) is 130 cm³/mol. The number of aromatic amines is 1. The van der Waals surface area contributed by atoms with Crippen molar-refractivity contribution in [3.63, 3.8) is 0 Å². The number of hydrogen-bond donors (Lipinski definition) is 2. The van der Waals surface area contributed by atoms with Crippen molar-refractivity contribution in [2.24, 2.45) is 5.41 Å². The first-order valence-corrected chi connectivity index (χ1v) is 11.9. The number of ether oxygens (including phenoxy) is 1. The minimum atomic E-state index is -4.71. The first-order valence-electron chi connectivity index (χ1n) is 11.9. The summed E-state index contributed by atoms with van der Waals surface area (Å²) in [6.45, 7) is 6.68. The number of alkyl halides is 3. The number of aliphatic carboxylic acids is 1. The zero-order valence-electron chi connectivity index (χ0n) is 20.5. The van der Waals surface area contributed by atoms with E-state index >= 15 is 0 Å². The molecule has 1 aromatic heterocycles. The Bertz CT molecular complexity index is 1130. The minimum Gasteiger partial charge on any atom is -0.481 e. The highest BCUT2D eigenvalue weighted by atomic mass is 19.4. The molecule has 1 heterocycles. The SMILES string of the molecule is CC1(C)CCCCC1.Cc1cc2[nH]c(Cc3ccc(OC(F)(F)F)cc3)nc2cc1CCC(=O)O. The molecule has 190 valence electrons. The van der Waals surface area contributed by atoms with Crippen molar-refractivity contribution in [2.45, 2.75) is 78.5 Å². The molecule has 0 atom stereocenters. The van der Waals surface area contributed by atoms with Crippen LogP contribution in [0.3, 0.4) is 0 Å². The Balaban J connectivity index is 0.000000363. The zero-order valence-corrected chi connectivity index (χ0v) is 20.5. The third-order valence-electron chi connectivity index (χ3n) is 6.33. The van der Waals surface area contributed by atoms with Crippen LogP contribution < -0.4 is 4.74 Å². The van der Waals surface area contributed by atoms with Crippen molar-refractivity contribution in [2.75, 3.05) is 0 Å². The van der Waals surface area contributed by atoms with E-state index in [1.807, 2.05) is 19.1 Å². The molecule has 2 N–H and O–H groups in total. The molecule has 3 aromatic rings. The van der Waals surface area contributed by atoms with Crippen LogP contribution in [0.25, 0.3) is 11.0 Å². The van der Waals surface area contributed by atoms with Crippen LogP contribution in [-0.4, -0.2) is 27.4 Å².